The second-order valence-corrected chi connectivity index (χ2v) is 5.95. The Morgan fingerprint density at radius 3 is 2.92 bits per heavy atom. The minimum absolute atomic E-state index is 0.108. The average Bonchev–Trinajstić information content (AvgIpc) is 3.28. The van der Waals surface area contributed by atoms with Crippen LogP contribution in [0.1, 0.15) is 15.9 Å². The van der Waals surface area contributed by atoms with Gasteiger partial charge in [-0.05, 0) is 35.2 Å². The van der Waals surface area contributed by atoms with Gasteiger partial charge in [0.25, 0.3) is 5.91 Å². The fraction of sp³-hybridized carbons (Fsp3) is 0.105. The molecule has 0 aliphatic rings. The molecule has 0 atom stereocenters. The standard InChI is InChI=1S/C19H17N5O/c1-24-12-17(11-23-24)16-6-13(8-20-10-16)9-22-19(25)15-3-2-14-4-5-21-18(14)7-15/h2-8,10-12,21H,9H2,1H3,(H,22,25). The van der Waals surface area contributed by atoms with E-state index in [0.29, 0.717) is 12.1 Å². The third-order valence-corrected chi connectivity index (χ3v) is 4.10. The van der Waals surface area contributed by atoms with Gasteiger partial charge in [0.15, 0.2) is 0 Å². The Morgan fingerprint density at radius 2 is 2.08 bits per heavy atom. The van der Waals surface area contributed by atoms with Crippen LogP contribution < -0.4 is 5.32 Å². The van der Waals surface area contributed by atoms with Gasteiger partial charge in [0, 0.05) is 60.6 Å². The van der Waals surface area contributed by atoms with Gasteiger partial charge in [0.2, 0.25) is 0 Å². The number of aromatic amines is 1. The number of aryl methyl sites for hydroxylation is 1. The van der Waals surface area contributed by atoms with E-state index in [1.165, 1.54) is 0 Å². The van der Waals surface area contributed by atoms with E-state index < -0.39 is 0 Å². The monoisotopic (exact) mass is 331 g/mol. The van der Waals surface area contributed by atoms with Gasteiger partial charge in [-0.25, -0.2) is 0 Å². The molecule has 3 heterocycles. The van der Waals surface area contributed by atoms with Crippen molar-refractivity contribution in [3.63, 3.8) is 0 Å². The largest absolute Gasteiger partial charge is 0.361 e. The van der Waals surface area contributed by atoms with Crippen LogP contribution in [0.15, 0.2) is 61.3 Å². The molecule has 3 aromatic heterocycles. The van der Waals surface area contributed by atoms with Crippen molar-refractivity contribution in [3.05, 3.63) is 72.4 Å². The van der Waals surface area contributed by atoms with Gasteiger partial charge < -0.3 is 10.3 Å². The van der Waals surface area contributed by atoms with Crippen molar-refractivity contribution in [3.8, 4) is 11.1 Å². The number of aromatic nitrogens is 4. The quantitative estimate of drug-likeness (QED) is 0.604. The van der Waals surface area contributed by atoms with Gasteiger partial charge in [-0.3, -0.25) is 14.5 Å². The summed E-state index contributed by atoms with van der Waals surface area (Å²) in [6, 6.07) is 9.61. The maximum absolute atomic E-state index is 12.4. The molecule has 4 rings (SSSR count). The molecule has 1 amide bonds. The van der Waals surface area contributed by atoms with Gasteiger partial charge >= 0.3 is 0 Å². The second-order valence-electron chi connectivity index (χ2n) is 5.95. The Labute approximate surface area is 144 Å². The molecule has 25 heavy (non-hydrogen) atoms. The van der Waals surface area contributed by atoms with Crippen LogP contribution in [-0.2, 0) is 13.6 Å². The number of rotatable bonds is 4. The first-order chi connectivity index (χ1) is 12.2. The van der Waals surface area contributed by atoms with Crippen molar-refractivity contribution in [1.29, 1.82) is 0 Å². The summed E-state index contributed by atoms with van der Waals surface area (Å²) in [4.78, 5) is 19.8. The molecular formula is C19H17N5O. The van der Waals surface area contributed by atoms with Crippen molar-refractivity contribution < 1.29 is 4.79 Å². The van der Waals surface area contributed by atoms with E-state index in [9.17, 15) is 4.79 Å². The third kappa shape index (κ3) is 3.14. The molecule has 0 unspecified atom stereocenters. The predicted octanol–water partition coefficient (Wildman–Crippen LogP) is 2.89. The van der Waals surface area contributed by atoms with Crippen molar-refractivity contribution in [1.82, 2.24) is 25.1 Å². The van der Waals surface area contributed by atoms with Crippen molar-refractivity contribution in [2.75, 3.05) is 0 Å². The van der Waals surface area contributed by atoms with E-state index >= 15 is 0 Å². The van der Waals surface area contributed by atoms with Crippen molar-refractivity contribution in [2.45, 2.75) is 6.54 Å². The molecule has 6 heteroatoms. The molecule has 0 spiro atoms. The first-order valence-corrected chi connectivity index (χ1v) is 7.97. The van der Waals surface area contributed by atoms with E-state index in [4.69, 9.17) is 0 Å². The SMILES string of the molecule is Cn1cc(-c2cncc(CNC(=O)c3ccc4cc[nH]c4c3)c2)cn1. The first kappa shape index (κ1) is 15.1. The number of benzene rings is 1. The minimum atomic E-state index is -0.108. The highest BCUT2D eigenvalue weighted by molar-refractivity contribution is 5.97. The third-order valence-electron chi connectivity index (χ3n) is 4.10. The highest BCUT2D eigenvalue weighted by Gasteiger charge is 2.08. The van der Waals surface area contributed by atoms with Gasteiger partial charge in [-0.15, -0.1) is 0 Å². The van der Waals surface area contributed by atoms with E-state index in [1.807, 2.05) is 49.8 Å². The number of nitrogens with one attached hydrogen (secondary N) is 2. The van der Waals surface area contributed by atoms with Crippen LogP contribution in [0.25, 0.3) is 22.0 Å². The highest BCUT2D eigenvalue weighted by Crippen LogP contribution is 2.18. The molecule has 0 bridgehead atoms. The molecule has 6 nitrogen and oxygen atoms in total. The number of pyridine rings is 1. The number of carbonyl (C=O) groups is 1. The zero-order valence-electron chi connectivity index (χ0n) is 13.7. The first-order valence-electron chi connectivity index (χ1n) is 7.97. The lowest BCUT2D eigenvalue weighted by atomic mass is 10.1. The van der Waals surface area contributed by atoms with E-state index in [0.717, 1.165) is 27.6 Å². The number of nitrogens with zero attached hydrogens (tertiary/aromatic N) is 3. The van der Waals surface area contributed by atoms with E-state index in [2.05, 4.69) is 20.4 Å². The fourth-order valence-corrected chi connectivity index (χ4v) is 2.79. The molecule has 0 radical (unpaired) electrons. The topological polar surface area (TPSA) is 75.6 Å². The molecule has 0 aliphatic heterocycles. The van der Waals surface area contributed by atoms with E-state index in [-0.39, 0.29) is 5.91 Å². The number of carbonyl (C=O) groups excluding carboxylic acids is 1. The Kier molecular flexibility index (Phi) is 3.78. The molecule has 1 aromatic carbocycles. The van der Waals surface area contributed by atoms with Gasteiger partial charge in [0.05, 0.1) is 6.20 Å². The molecule has 124 valence electrons. The maximum Gasteiger partial charge on any atom is 0.251 e. The van der Waals surface area contributed by atoms with Crippen LogP contribution in [0, 0.1) is 0 Å². The number of H-pyrrole nitrogens is 1. The summed E-state index contributed by atoms with van der Waals surface area (Å²) in [5, 5.41) is 8.20. The Balaban J connectivity index is 1.48. The lowest BCUT2D eigenvalue weighted by molar-refractivity contribution is 0.0951. The maximum atomic E-state index is 12.4. The molecule has 4 aromatic rings. The summed E-state index contributed by atoms with van der Waals surface area (Å²) in [5.74, 6) is -0.108. The molecule has 0 aliphatic carbocycles. The van der Waals surface area contributed by atoms with Crippen molar-refractivity contribution >= 4 is 16.8 Å². The zero-order chi connectivity index (χ0) is 17.2. The lowest BCUT2D eigenvalue weighted by Gasteiger charge is -2.07. The number of fused-ring (bicyclic) bond motifs is 1. The van der Waals surface area contributed by atoms with Crippen LogP contribution in [0.4, 0.5) is 0 Å². The highest BCUT2D eigenvalue weighted by atomic mass is 16.1. The normalized spacial score (nSPS) is 10.9. The average molecular weight is 331 g/mol. The zero-order valence-corrected chi connectivity index (χ0v) is 13.7. The number of hydrogen-bond donors (Lipinski definition) is 2. The number of amides is 1. The summed E-state index contributed by atoms with van der Waals surface area (Å²) in [6.45, 7) is 0.419. The Bertz CT molecular complexity index is 1050. The van der Waals surface area contributed by atoms with Gasteiger partial charge in [-0.2, -0.15) is 5.10 Å². The molecule has 0 saturated carbocycles. The molecule has 0 saturated heterocycles. The van der Waals surface area contributed by atoms with Crippen LogP contribution >= 0.6 is 0 Å². The minimum Gasteiger partial charge on any atom is -0.361 e. The molecular weight excluding hydrogens is 314 g/mol. The van der Waals surface area contributed by atoms with E-state index in [1.54, 1.807) is 23.3 Å². The Morgan fingerprint density at radius 1 is 1.16 bits per heavy atom. The summed E-state index contributed by atoms with van der Waals surface area (Å²) < 4.78 is 1.75. The lowest BCUT2D eigenvalue weighted by Crippen LogP contribution is -2.22. The molecule has 2 N–H and O–H groups in total. The summed E-state index contributed by atoms with van der Waals surface area (Å²) in [7, 11) is 1.88. The fourth-order valence-electron chi connectivity index (χ4n) is 2.79. The van der Waals surface area contributed by atoms with Crippen LogP contribution in [0.2, 0.25) is 0 Å². The Hall–Kier alpha value is -3.41. The van der Waals surface area contributed by atoms with Crippen LogP contribution in [0.5, 0.6) is 0 Å². The summed E-state index contributed by atoms with van der Waals surface area (Å²) in [6.07, 6.45) is 9.15. The van der Waals surface area contributed by atoms with Crippen molar-refractivity contribution in [2.24, 2.45) is 7.05 Å². The summed E-state index contributed by atoms with van der Waals surface area (Å²) in [5.41, 5.74) is 4.50. The predicted molar refractivity (Wildman–Crippen MR) is 95.9 cm³/mol. The van der Waals surface area contributed by atoms with Gasteiger partial charge in [-0.1, -0.05) is 6.07 Å². The van der Waals surface area contributed by atoms with Crippen LogP contribution in [0.3, 0.4) is 0 Å². The van der Waals surface area contributed by atoms with Gasteiger partial charge in [0.1, 0.15) is 0 Å². The number of hydrogen-bond acceptors (Lipinski definition) is 3. The molecule has 0 fully saturated rings. The summed E-state index contributed by atoms with van der Waals surface area (Å²) >= 11 is 0. The second kappa shape index (κ2) is 6.24. The smallest absolute Gasteiger partial charge is 0.251 e. The van der Waals surface area contributed by atoms with Crippen LogP contribution in [-0.4, -0.2) is 25.7 Å².